The largest absolute Gasteiger partial charge is 0.351 e. The number of fused-ring (bicyclic) bond motifs is 1. The number of piperidine rings is 2. The van der Waals surface area contributed by atoms with Crippen molar-refractivity contribution in [1.29, 1.82) is 0 Å². The van der Waals surface area contributed by atoms with Crippen LogP contribution in [-0.2, 0) is 4.79 Å². The van der Waals surface area contributed by atoms with E-state index in [9.17, 15) is 9.59 Å². The molecule has 0 atom stereocenters. The quantitative estimate of drug-likeness (QED) is 0.634. The number of benzene rings is 1. The summed E-state index contributed by atoms with van der Waals surface area (Å²) < 4.78 is 0. The zero-order valence-electron chi connectivity index (χ0n) is 19.7. The maximum atomic E-state index is 13.2. The summed E-state index contributed by atoms with van der Waals surface area (Å²) in [5.41, 5.74) is 1.38. The number of nitrogens with one attached hydrogen (secondary N) is 1. The lowest BCUT2D eigenvalue weighted by Gasteiger charge is -2.39. The molecule has 2 aliphatic rings. The van der Waals surface area contributed by atoms with Gasteiger partial charge in [0.2, 0.25) is 5.91 Å². The number of carbonyl (C=O) groups excluding carboxylic acids is 2. The van der Waals surface area contributed by atoms with Crippen LogP contribution in [0, 0.1) is 11.8 Å². The normalized spacial score (nSPS) is 18.3. The zero-order valence-corrected chi connectivity index (χ0v) is 21.3. The number of H-pyrrole nitrogens is 1. The van der Waals surface area contributed by atoms with E-state index in [4.69, 9.17) is 11.6 Å². The third-order valence-electron chi connectivity index (χ3n) is 7.24. The van der Waals surface area contributed by atoms with E-state index in [-0.39, 0.29) is 30.8 Å². The van der Waals surface area contributed by atoms with Gasteiger partial charge in [-0.25, -0.2) is 0 Å². The first-order chi connectivity index (χ1) is 15.4. The van der Waals surface area contributed by atoms with Gasteiger partial charge in [-0.2, -0.15) is 0 Å². The van der Waals surface area contributed by atoms with Crippen LogP contribution in [0.2, 0.25) is 5.02 Å². The van der Waals surface area contributed by atoms with E-state index in [1.54, 1.807) is 11.0 Å². The Kier molecular flexibility index (Phi) is 9.08. The highest BCUT2D eigenvalue weighted by Gasteiger charge is 2.31. The fraction of sp³-hybridized carbons (Fsp3) is 0.600. The fourth-order valence-electron chi connectivity index (χ4n) is 5.29. The number of carbonyl (C=O) groups is 2. The molecule has 0 bridgehead atoms. The molecule has 0 aliphatic carbocycles. The minimum absolute atomic E-state index is 0. The molecule has 2 aromatic rings. The number of hydrogen-bond acceptors (Lipinski definition) is 3. The minimum atomic E-state index is -0.131. The number of hydrogen-bond donors (Lipinski definition) is 1. The smallest absolute Gasteiger partial charge is 0.270 e. The molecule has 4 rings (SSSR count). The van der Waals surface area contributed by atoms with Gasteiger partial charge in [0, 0.05) is 35.6 Å². The van der Waals surface area contributed by atoms with Gasteiger partial charge in [0.15, 0.2) is 0 Å². The standard InChI is InChI=1S/C25H35ClN4O2.ClH/c1-3-10-30(25(32)23-16-20-15-21(26)4-5-22(20)27-23)17-24(31)29-13-8-19(9-14-29)18-6-11-28(2)12-7-18;/h4-5,15-16,18-19,27H,3,6-14,17H2,1-2H3;1H. The molecule has 2 fully saturated rings. The molecular formula is C25H36Cl2N4O2. The second-order valence-electron chi connectivity index (χ2n) is 9.50. The molecule has 0 saturated carbocycles. The monoisotopic (exact) mass is 494 g/mol. The van der Waals surface area contributed by atoms with E-state index in [0.29, 0.717) is 17.3 Å². The Hall–Kier alpha value is -1.76. The molecule has 3 heterocycles. The van der Waals surface area contributed by atoms with E-state index in [1.807, 2.05) is 30.0 Å². The van der Waals surface area contributed by atoms with Crippen molar-refractivity contribution in [1.82, 2.24) is 19.7 Å². The van der Waals surface area contributed by atoms with Gasteiger partial charge in [0.25, 0.3) is 5.91 Å². The van der Waals surface area contributed by atoms with Crippen LogP contribution in [-0.4, -0.2) is 77.8 Å². The third-order valence-corrected chi connectivity index (χ3v) is 7.48. The Morgan fingerprint density at radius 1 is 1.06 bits per heavy atom. The summed E-state index contributed by atoms with van der Waals surface area (Å²) in [6.45, 7) is 6.75. The molecule has 2 saturated heterocycles. The summed E-state index contributed by atoms with van der Waals surface area (Å²) in [6, 6.07) is 7.34. The third kappa shape index (κ3) is 6.23. The molecular weight excluding hydrogens is 459 g/mol. The lowest BCUT2D eigenvalue weighted by molar-refractivity contribution is -0.133. The highest BCUT2D eigenvalue weighted by molar-refractivity contribution is 6.31. The van der Waals surface area contributed by atoms with Crippen LogP contribution in [0.5, 0.6) is 0 Å². The first kappa shape index (κ1) is 25.9. The van der Waals surface area contributed by atoms with Crippen molar-refractivity contribution < 1.29 is 9.59 Å². The van der Waals surface area contributed by atoms with Crippen LogP contribution >= 0.6 is 24.0 Å². The predicted molar refractivity (Wildman–Crippen MR) is 136 cm³/mol. The van der Waals surface area contributed by atoms with Gasteiger partial charge in [-0.05, 0) is 88.3 Å². The zero-order chi connectivity index (χ0) is 22.7. The van der Waals surface area contributed by atoms with Crippen LogP contribution < -0.4 is 0 Å². The highest BCUT2D eigenvalue weighted by Crippen LogP contribution is 2.32. The molecule has 0 spiro atoms. The second kappa shape index (κ2) is 11.6. The Labute approximate surface area is 208 Å². The van der Waals surface area contributed by atoms with Crippen LogP contribution in [0.25, 0.3) is 10.9 Å². The SMILES string of the molecule is CCCN(CC(=O)N1CCC(C2CCN(C)CC2)CC1)C(=O)c1cc2cc(Cl)ccc2[nH]1.Cl. The summed E-state index contributed by atoms with van der Waals surface area (Å²) in [6.07, 6.45) is 5.55. The van der Waals surface area contributed by atoms with Crippen LogP contribution in [0.3, 0.4) is 0 Å². The first-order valence-corrected chi connectivity index (χ1v) is 12.4. The van der Waals surface area contributed by atoms with Crippen molar-refractivity contribution in [3.8, 4) is 0 Å². The summed E-state index contributed by atoms with van der Waals surface area (Å²) in [7, 11) is 2.20. The first-order valence-electron chi connectivity index (χ1n) is 12.0. The molecule has 1 aromatic carbocycles. The van der Waals surface area contributed by atoms with E-state index in [0.717, 1.165) is 55.1 Å². The van der Waals surface area contributed by atoms with Crippen molar-refractivity contribution in [3.05, 3.63) is 35.0 Å². The van der Waals surface area contributed by atoms with Gasteiger partial charge in [0.1, 0.15) is 12.2 Å². The molecule has 182 valence electrons. The molecule has 8 heteroatoms. The van der Waals surface area contributed by atoms with Gasteiger partial charge in [0.05, 0.1) is 0 Å². The van der Waals surface area contributed by atoms with E-state index < -0.39 is 0 Å². The van der Waals surface area contributed by atoms with Gasteiger partial charge in [-0.3, -0.25) is 9.59 Å². The summed E-state index contributed by atoms with van der Waals surface area (Å²) >= 11 is 6.08. The Morgan fingerprint density at radius 2 is 1.70 bits per heavy atom. The molecule has 1 N–H and O–H groups in total. The van der Waals surface area contributed by atoms with Gasteiger partial charge >= 0.3 is 0 Å². The number of rotatable bonds is 6. The number of aromatic nitrogens is 1. The summed E-state index contributed by atoms with van der Waals surface area (Å²) in [4.78, 5) is 35.5. The van der Waals surface area contributed by atoms with Crippen molar-refractivity contribution in [2.24, 2.45) is 11.8 Å². The van der Waals surface area contributed by atoms with Crippen molar-refractivity contribution in [3.63, 3.8) is 0 Å². The molecule has 0 unspecified atom stereocenters. The maximum absolute atomic E-state index is 13.2. The fourth-order valence-corrected chi connectivity index (χ4v) is 5.48. The van der Waals surface area contributed by atoms with Gasteiger partial charge < -0.3 is 19.7 Å². The average Bonchev–Trinajstić information content (AvgIpc) is 3.22. The molecule has 33 heavy (non-hydrogen) atoms. The molecule has 1 aromatic heterocycles. The van der Waals surface area contributed by atoms with Gasteiger partial charge in [-0.1, -0.05) is 18.5 Å². The Bertz CT molecular complexity index is 947. The summed E-state index contributed by atoms with van der Waals surface area (Å²) in [5.74, 6) is 1.47. The van der Waals surface area contributed by atoms with Crippen LogP contribution in [0.1, 0.15) is 49.5 Å². The summed E-state index contributed by atoms with van der Waals surface area (Å²) in [5, 5.41) is 1.54. The van der Waals surface area contributed by atoms with E-state index >= 15 is 0 Å². The van der Waals surface area contributed by atoms with E-state index in [2.05, 4.69) is 16.9 Å². The second-order valence-corrected chi connectivity index (χ2v) is 9.94. The van der Waals surface area contributed by atoms with Gasteiger partial charge in [-0.15, -0.1) is 12.4 Å². The maximum Gasteiger partial charge on any atom is 0.270 e. The predicted octanol–water partition coefficient (Wildman–Crippen LogP) is 4.68. The average molecular weight is 495 g/mol. The number of nitrogens with zero attached hydrogens (tertiary/aromatic N) is 3. The van der Waals surface area contributed by atoms with Crippen molar-refractivity contribution in [2.75, 3.05) is 46.3 Å². The number of amides is 2. The lowest BCUT2D eigenvalue weighted by Crippen LogP contribution is -2.47. The number of likely N-dealkylation sites (tertiary alicyclic amines) is 2. The topological polar surface area (TPSA) is 59.7 Å². The van der Waals surface area contributed by atoms with E-state index in [1.165, 1.54) is 25.9 Å². The Morgan fingerprint density at radius 3 is 2.33 bits per heavy atom. The van der Waals surface area contributed by atoms with Crippen molar-refractivity contribution >= 4 is 46.7 Å². The van der Waals surface area contributed by atoms with Crippen LogP contribution in [0.4, 0.5) is 0 Å². The lowest BCUT2D eigenvalue weighted by atomic mass is 9.79. The highest BCUT2D eigenvalue weighted by atomic mass is 35.5. The molecule has 6 nitrogen and oxygen atoms in total. The minimum Gasteiger partial charge on any atom is -0.351 e. The number of halogens is 2. The van der Waals surface area contributed by atoms with Crippen molar-refractivity contribution in [2.45, 2.75) is 39.0 Å². The molecule has 0 radical (unpaired) electrons. The molecule has 2 amide bonds. The number of aromatic amines is 1. The van der Waals surface area contributed by atoms with Crippen LogP contribution in [0.15, 0.2) is 24.3 Å². The molecule has 2 aliphatic heterocycles. The Balaban J connectivity index is 0.00000306.